The molecule has 0 saturated heterocycles. The van der Waals surface area contributed by atoms with Crippen LogP contribution in [0.2, 0.25) is 0 Å². The maximum Gasteiger partial charge on any atom is 0.223 e. The zero-order valence-electron chi connectivity index (χ0n) is 11.1. The fourth-order valence-corrected chi connectivity index (χ4v) is 3.27. The Morgan fingerprint density at radius 1 is 1.17 bits per heavy atom. The van der Waals surface area contributed by atoms with Crippen LogP contribution in [0.5, 0.6) is 0 Å². The van der Waals surface area contributed by atoms with Gasteiger partial charge in [0.1, 0.15) is 0 Å². The van der Waals surface area contributed by atoms with Crippen LogP contribution in [0.4, 0.5) is 0 Å². The van der Waals surface area contributed by atoms with Crippen molar-refractivity contribution in [1.29, 1.82) is 0 Å². The fraction of sp³-hybridized carbons (Fsp3) is 0.929. The minimum atomic E-state index is -0.229. The standard InChI is InChI=1S/C14H26N2O2/c15-12-6-3-5-10(8-12)14(18)16-9-11-4-1-2-7-13(11)17/h10-13,17H,1-9,15H2,(H,16,18). The molecule has 0 heterocycles. The first-order chi connectivity index (χ1) is 8.66. The molecule has 2 aliphatic carbocycles. The molecule has 0 aromatic heterocycles. The number of amides is 1. The van der Waals surface area contributed by atoms with Gasteiger partial charge in [-0.05, 0) is 32.1 Å². The van der Waals surface area contributed by atoms with Crippen LogP contribution >= 0.6 is 0 Å². The molecule has 104 valence electrons. The van der Waals surface area contributed by atoms with Crippen molar-refractivity contribution in [2.45, 2.75) is 63.5 Å². The van der Waals surface area contributed by atoms with Crippen molar-refractivity contribution >= 4 is 5.91 Å². The van der Waals surface area contributed by atoms with Gasteiger partial charge in [-0.25, -0.2) is 0 Å². The molecule has 4 nitrogen and oxygen atoms in total. The lowest BCUT2D eigenvalue weighted by molar-refractivity contribution is -0.126. The Morgan fingerprint density at radius 2 is 1.94 bits per heavy atom. The predicted octanol–water partition coefficient (Wildman–Crippen LogP) is 1.17. The summed E-state index contributed by atoms with van der Waals surface area (Å²) in [5.74, 6) is 0.484. The van der Waals surface area contributed by atoms with E-state index in [1.54, 1.807) is 0 Å². The summed E-state index contributed by atoms with van der Waals surface area (Å²) < 4.78 is 0. The zero-order chi connectivity index (χ0) is 13.0. The molecule has 2 saturated carbocycles. The highest BCUT2D eigenvalue weighted by Crippen LogP contribution is 2.25. The first-order valence-electron chi connectivity index (χ1n) is 7.38. The Kier molecular flexibility index (Phi) is 5.01. The van der Waals surface area contributed by atoms with Crippen LogP contribution in [0.25, 0.3) is 0 Å². The number of carbonyl (C=O) groups is 1. The van der Waals surface area contributed by atoms with Crippen molar-refractivity contribution in [1.82, 2.24) is 5.32 Å². The van der Waals surface area contributed by atoms with E-state index in [0.29, 0.717) is 6.54 Å². The SMILES string of the molecule is NC1CCCC(C(=O)NCC2CCCCC2O)C1. The minimum Gasteiger partial charge on any atom is -0.393 e. The van der Waals surface area contributed by atoms with Crippen LogP contribution in [0.3, 0.4) is 0 Å². The van der Waals surface area contributed by atoms with E-state index in [0.717, 1.165) is 44.9 Å². The van der Waals surface area contributed by atoms with Gasteiger partial charge in [-0.3, -0.25) is 4.79 Å². The quantitative estimate of drug-likeness (QED) is 0.707. The average Bonchev–Trinajstić information content (AvgIpc) is 2.37. The third-order valence-electron chi connectivity index (χ3n) is 4.49. The normalized spacial score (nSPS) is 37.2. The number of aliphatic hydroxyl groups excluding tert-OH is 1. The fourth-order valence-electron chi connectivity index (χ4n) is 3.27. The minimum absolute atomic E-state index is 0.0921. The zero-order valence-corrected chi connectivity index (χ0v) is 11.1. The summed E-state index contributed by atoms with van der Waals surface area (Å²) in [5.41, 5.74) is 5.90. The number of hydrogen-bond donors (Lipinski definition) is 3. The van der Waals surface area contributed by atoms with Crippen molar-refractivity contribution in [3.63, 3.8) is 0 Å². The molecule has 0 aliphatic heterocycles. The molecule has 2 rings (SSSR count). The van der Waals surface area contributed by atoms with E-state index in [-0.39, 0.29) is 29.9 Å². The lowest BCUT2D eigenvalue weighted by Gasteiger charge is -2.30. The van der Waals surface area contributed by atoms with Gasteiger partial charge < -0.3 is 16.2 Å². The summed E-state index contributed by atoms with van der Waals surface area (Å²) in [4.78, 5) is 12.0. The van der Waals surface area contributed by atoms with E-state index in [1.807, 2.05) is 0 Å². The van der Waals surface area contributed by atoms with Crippen molar-refractivity contribution in [3.05, 3.63) is 0 Å². The molecular formula is C14H26N2O2. The lowest BCUT2D eigenvalue weighted by Crippen LogP contribution is -2.42. The maximum atomic E-state index is 12.0. The second-order valence-corrected chi connectivity index (χ2v) is 5.98. The second kappa shape index (κ2) is 6.53. The molecule has 0 bridgehead atoms. The highest BCUT2D eigenvalue weighted by Gasteiger charge is 2.27. The molecule has 18 heavy (non-hydrogen) atoms. The van der Waals surface area contributed by atoms with Crippen LogP contribution < -0.4 is 11.1 Å². The highest BCUT2D eigenvalue weighted by molar-refractivity contribution is 5.78. The second-order valence-electron chi connectivity index (χ2n) is 5.98. The number of aliphatic hydroxyl groups is 1. The van der Waals surface area contributed by atoms with E-state index in [9.17, 15) is 9.90 Å². The monoisotopic (exact) mass is 254 g/mol. The first-order valence-corrected chi connectivity index (χ1v) is 7.38. The molecular weight excluding hydrogens is 228 g/mol. The van der Waals surface area contributed by atoms with Gasteiger partial charge in [0.05, 0.1) is 6.10 Å². The smallest absolute Gasteiger partial charge is 0.223 e. The highest BCUT2D eigenvalue weighted by atomic mass is 16.3. The summed E-state index contributed by atoms with van der Waals surface area (Å²) in [6, 6.07) is 0.190. The Balaban J connectivity index is 1.73. The van der Waals surface area contributed by atoms with Crippen LogP contribution in [-0.4, -0.2) is 29.7 Å². The molecule has 0 spiro atoms. The third kappa shape index (κ3) is 3.69. The van der Waals surface area contributed by atoms with Gasteiger partial charge in [-0.2, -0.15) is 0 Å². The number of nitrogens with one attached hydrogen (secondary N) is 1. The Hall–Kier alpha value is -0.610. The van der Waals surface area contributed by atoms with Gasteiger partial charge in [0.15, 0.2) is 0 Å². The predicted molar refractivity (Wildman–Crippen MR) is 70.9 cm³/mol. The maximum absolute atomic E-state index is 12.0. The summed E-state index contributed by atoms with van der Waals surface area (Å²) >= 11 is 0. The van der Waals surface area contributed by atoms with Crippen molar-refractivity contribution < 1.29 is 9.90 Å². The Bertz CT molecular complexity index is 283. The molecule has 0 radical (unpaired) electrons. The lowest BCUT2D eigenvalue weighted by atomic mass is 9.84. The molecule has 0 aromatic rings. The largest absolute Gasteiger partial charge is 0.393 e. The third-order valence-corrected chi connectivity index (χ3v) is 4.49. The summed E-state index contributed by atoms with van der Waals surface area (Å²) in [6.07, 6.45) is 7.87. The topological polar surface area (TPSA) is 75.4 Å². The van der Waals surface area contributed by atoms with Crippen molar-refractivity contribution in [2.75, 3.05) is 6.54 Å². The Morgan fingerprint density at radius 3 is 2.67 bits per heavy atom. The summed E-state index contributed by atoms with van der Waals surface area (Å²) in [6.45, 7) is 0.631. The number of nitrogens with two attached hydrogens (primary N) is 1. The molecule has 2 aliphatic rings. The van der Waals surface area contributed by atoms with Crippen LogP contribution in [0, 0.1) is 11.8 Å². The summed E-state index contributed by atoms with van der Waals surface area (Å²) in [7, 11) is 0. The average molecular weight is 254 g/mol. The van der Waals surface area contributed by atoms with Gasteiger partial charge in [-0.15, -0.1) is 0 Å². The van der Waals surface area contributed by atoms with Crippen LogP contribution in [0.15, 0.2) is 0 Å². The van der Waals surface area contributed by atoms with Crippen molar-refractivity contribution in [3.8, 4) is 0 Å². The van der Waals surface area contributed by atoms with E-state index in [2.05, 4.69) is 5.32 Å². The molecule has 0 aromatic carbocycles. The molecule has 4 heteroatoms. The van der Waals surface area contributed by atoms with Crippen LogP contribution in [0.1, 0.15) is 51.4 Å². The van der Waals surface area contributed by atoms with E-state index < -0.39 is 0 Å². The van der Waals surface area contributed by atoms with Crippen LogP contribution in [-0.2, 0) is 4.79 Å². The van der Waals surface area contributed by atoms with Gasteiger partial charge in [0.2, 0.25) is 5.91 Å². The van der Waals surface area contributed by atoms with E-state index >= 15 is 0 Å². The van der Waals surface area contributed by atoms with Gasteiger partial charge >= 0.3 is 0 Å². The van der Waals surface area contributed by atoms with E-state index in [1.165, 1.54) is 6.42 Å². The molecule has 4 atom stereocenters. The van der Waals surface area contributed by atoms with Gasteiger partial charge in [-0.1, -0.05) is 19.3 Å². The van der Waals surface area contributed by atoms with E-state index in [4.69, 9.17) is 5.73 Å². The molecule has 1 amide bonds. The molecule has 4 N–H and O–H groups in total. The number of rotatable bonds is 3. The Labute approximate surface area is 109 Å². The number of carbonyl (C=O) groups excluding carboxylic acids is 1. The molecule has 4 unspecified atom stereocenters. The number of hydrogen-bond acceptors (Lipinski definition) is 3. The van der Waals surface area contributed by atoms with Gasteiger partial charge in [0.25, 0.3) is 0 Å². The van der Waals surface area contributed by atoms with Crippen molar-refractivity contribution in [2.24, 2.45) is 17.6 Å². The first kappa shape index (κ1) is 13.8. The summed E-state index contributed by atoms with van der Waals surface area (Å²) in [5, 5.41) is 12.9. The molecule has 2 fully saturated rings. The van der Waals surface area contributed by atoms with Gasteiger partial charge in [0, 0.05) is 24.4 Å².